The van der Waals surface area contributed by atoms with Crippen LogP contribution in [0.4, 0.5) is 17.1 Å². The molecule has 3 saturated heterocycles. The number of benzene rings is 3. The lowest BCUT2D eigenvalue weighted by molar-refractivity contribution is -0.384. The van der Waals surface area contributed by atoms with E-state index in [0.717, 1.165) is 82.1 Å². The summed E-state index contributed by atoms with van der Waals surface area (Å²) in [5, 5.41) is 26.6. The molecule has 10 rings (SSSR count). The summed E-state index contributed by atoms with van der Waals surface area (Å²) in [6, 6.07) is 21.9. The molecule has 2 aliphatic carbocycles. The predicted molar refractivity (Wildman–Crippen MR) is 281 cm³/mol. The third-order valence-corrected chi connectivity index (χ3v) is 17.7. The van der Waals surface area contributed by atoms with Crippen LogP contribution in [0.3, 0.4) is 0 Å². The van der Waals surface area contributed by atoms with Crippen molar-refractivity contribution in [3.63, 3.8) is 0 Å². The Balaban J connectivity index is 0.877. The summed E-state index contributed by atoms with van der Waals surface area (Å²) in [6.07, 6.45) is 10.3. The monoisotopic (exact) mass is 1020 g/mol. The molecule has 5 aromatic rings. The van der Waals surface area contributed by atoms with E-state index in [0.29, 0.717) is 69.3 Å². The number of morpholine rings is 1. The first-order valence-corrected chi connectivity index (χ1v) is 27.7. The van der Waals surface area contributed by atoms with E-state index in [4.69, 9.17) is 19.2 Å². The Morgan fingerprint density at radius 3 is 2.48 bits per heavy atom. The molecule has 3 aromatic carbocycles. The highest BCUT2D eigenvalue weighted by Crippen LogP contribution is 2.49. The summed E-state index contributed by atoms with van der Waals surface area (Å²) in [5.41, 5.74) is 3.59. The van der Waals surface area contributed by atoms with E-state index in [-0.39, 0.29) is 40.0 Å². The van der Waals surface area contributed by atoms with Crippen LogP contribution in [0.2, 0.25) is 0 Å². The molecular weight excluding hydrogens is 949 g/mol. The maximum absolute atomic E-state index is 14.4. The van der Waals surface area contributed by atoms with Gasteiger partial charge in [-0.3, -0.25) is 24.7 Å². The number of nitrogens with zero attached hydrogens (tertiary/aromatic N) is 5. The number of carbonyl (C=O) groups excluding carboxylic acids is 1. The second-order valence-corrected chi connectivity index (χ2v) is 23.4. The number of aromatic amines is 1. The van der Waals surface area contributed by atoms with E-state index < -0.39 is 37.0 Å². The fourth-order valence-corrected chi connectivity index (χ4v) is 13.0. The first-order chi connectivity index (χ1) is 35.1. The van der Waals surface area contributed by atoms with Crippen molar-refractivity contribution in [3.05, 3.63) is 106 Å². The van der Waals surface area contributed by atoms with Gasteiger partial charge in [0, 0.05) is 87.8 Å². The first-order valence-electron chi connectivity index (χ1n) is 26.3. The van der Waals surface area contributed by atoms with Crippen LogP contribution in [0.15, 0.2) is 83.9 Å². The third kappa shape index (κ3) is 11.3. The number of carbonyl (C=O) groups is 1. The molecule has 73 heavy (non-hydrogen) atoms. The fraction of sp³-hybridized carbons (Fsp3) is 0.527. The molecule has 1 amide bonds. The number of hydrogen-bond acceptors (Lipinski definition) is 14. The zero-order valence-corrected chi connectivity index (χ0v) is 43.1. The Morgan fingerprint density at radius 1 is 0.959 bits per heavy atom. The molecule has 17 nitrogen and oxygen atoms in total. The number of aromatic nitrogens is 2. The van der Waals surface area contributed by atoms with Crippen molar-refractivity contribution in [2.45, 2.75) is 107 Å². The lowest BCUT2D eigenvalue weighted by Crippen LogP contribution is -2.63. The van der Waals surface area contributed by atoms with Crippen LogP contribution in [0.1, 0.15) is 112 Å². The van der Waals surface area contributed by atoms with E-state index in [1.807, 2.05) is 19.1 Å². The number of nitro benzene ring substituents is 1. The Hall–Kier alpha value is -5.79. The number of rotatable bonds is 17. The molecular formula is C55H70N8O9S. The molecule has 3 aliphatic heterocycles. The van der Waals surface area contributed by atoms with E-state index >= 15 is 0 Å². The van der Waals surface area contributed by atoms with Crippen molar-refractivity contribution in [1.29, 1.82) is 0 Å². The van der Waals surface area contributed by atoms with Crippen LogP contribution >= 0.6 is 0 Å². The number of fused-ring (bicyclic) bond motifs is 1. The molecule has 5 heterocycles. The number of aliphatic hydroxyl groups is 1. The summed E-state index contributed by atoms with van der Waals surface area (Å²) in [5.74, 6) is 0.811. The molecule has 390 valence electrons. The Labute approximate surface area is 428 Å². The number of likely N-dealkylation sites (tertiary alicyclic amines) is 1. The number of hydrogen-bond donors (Lipinski definition) is 4. The van der Waals surface area contributed by atoms with Crippen molar-refractivity contribution in [2.24, 2.45) is 11.3 Å². The minimum atomic E-state index is -4.63. The zero-order chi connectivity index (χ0) is 50.9. The van der Waals surface area contributed by atoms with Crippen LogP contribution < -0.4 is 24.4 Å². The van der Waals surface area contributed by atoms with Crippen molar-refractivity contribution in [2.75, 3.05) is 82.4 Å². The maximum Gasteiger partial charge on any atom is 0.293 e. The van der Waals surface area contributed by atoms with Crippen LogP contribution in [-0.4, -0.2) is 128 Å². The Kier molecular flexibility index (Phi) is 14.7. The van der Waals surface area contributed by atoms with Gasteiger partial charge in [-0.15, -0.1) is 0 Å². The molecule has 0 radical (unpaired) electrons. The molecule has 1 spiro atoms. The smallest absolute Gasteiger partial charge is 0.293 e. The van der Waals surface area contributed by atoms with Crippen LogP contribution in [0.25, 0.3) is 11.0 Å². The van der Waals surface area contributed by atoms with Crippen molar-refractivity contribution in [3.8, 4) is 17.4 Å². The minimum absolute atomic E-state index is 0.0618. The van der Waals surface area contributed by atoms with Gasteiger partial charge < -0.3 is 34.5 Å². The standard InChI is InChI=1S/C55H70N8O9S/c1-37(2)42-7-4-5-8-43(42)44-9-6-10-47(44)62-35-55(36-62)20-23-61(24-21-55)40-11-13-45(49(32-40)72-50-31-39-17-22-56-51(39)58-53(50)71-30-27-60-25-28-70-29-26-60)52(64)59-73(68,69)41-12-14-46(48(33-41)63(66)67)57-34-38-15-18-54(3,65)19-16-38/h4-5,7-8,11-14,17,22,31-33,37-38,44,47,57,65H,6,9-10,15-16,18-21,23-30,34-36H2,1-3H3,(H,56,58)(H,59,64)/t38-,44-,47-,54-/m1/s1. The molecule has 2 atom stereocenters. The van der Waals surface area contributed by atoms with Gasteiger partial charge in [-0.25, -0.2) is 13.1 Å². The Bertz CT molecular complexity index is 2890. The minimum Gasteiger partial charge on any atom is -0.474 e. The quantitative estimate of drug-likeness (QED) is 0.0508. The molecule has 0 bridgehead atoms. The number of amides is 1. The highest BCUT2D eigenvalue weighted by molar-refractivity contribution is 7.90. The van der Waals surface area contributed by atoms with Crippen molar-refractivity contribution in [1.82, 2.24) is 24.5 Å². The number of H-pyrrole nitrogens is 1. The van der Waals surface area contributed by atoms with Crippen LogP contribution in [0, 0.1) is 21.4 Å². The topological polar surface area (TPSA) is 205 Å². The number of piperidine rings is 1. The normalized spacial score (nSPS) is 23.6. The fourth-order valence-electron chi connectivity index (χ4n) is 12.0. The highest BCUT2D eigenvalue weighted by atomic mass is 32.2. The van der Waals surface area contributed by atoms with Gasteiger partial charge in [-0.05, 0) is 129 Å². The summed E-state index contributed by atoms with van der Waals surface area (Å²) < 4.78 is 48.7. The SMILES string of the molecule is CC(C)c1ccccc1[C@H]1CCC[C@H]1N1CC2(CCN(c3ccc(C(=O)NS(=O)(=O)c4ccc(NC[C@H]5CC[C@](C)(O)CC5)c([N+](=O)[O-])c4)c(Oc4cc5cc[nH]c5nc4OCCN4CCOCC4)c3)CC2)C1. The molecule has 2 saturated carbocycles. The first kappa shape index (κ1) is 50.7. The van der Waals surface area contributed by atoms with Gasteiger partial charge in [-0.1, -0.05) is 44.5 Å². The van der Waals surface area contributed by atoms with Crippen molar-refractivity contribution >= 4 is 44.0 Å². The van der Waals surface area contributed by atoms with Crippen molar-refractivity contribution < 1.29 is 37.5 Å². The molecule has 0 unspecified atom stereocenters. The van der Waals surface area contributed by atoms with Gasteiger partial charge in [0.1, 0.15) is 23.7 Å². The molecule has 2 aromatic heterocycles. The summed E-state index contributed by atoms with van der Waals surface area (Å²) in [7, 11) is -4.63. The van der Waals surface area contributed by atoms with Gasteiger partial charge in [-0.2, -0.15) is 4.98 Å². The number of nitrogens with one attached hydrogen (secondary N) is 3. The second kappa shape index (κ2) is 21.2. The average molecular weight is 1020 g/mol. The van der Waals surface area contributed by atoms with Gasteiger partial charge >= 0.3 is 0 Å². The third-order valence-electron chi connectivity index (χ3n) is 16.3. The van der Waals surface area contributed by atoms with E-state index in [9.17, 15) is 28.4 Å². The van der Waals surface area contributed by atoms with Gasteiger partial charge in [0.15, 0.2) is 5.75 Å². The van der Waals surface area contributed by atoms with Gasteiger partial charge in [0.05, 0.1) is 34.2 Å². The highest BCUT2D eigenvalue weighted by Gasteiger charge is 2.49. The van der Waals surface area contributed by atoms with E-state index in [2.05, 4.69) is 67.8 Å². The summed E-state index contributed by atoms with van der Waals surface area (Å²) >= 11 is 0. The molecule has 4 N–H and O–H groups in total. The van der Waals surface area contributed by atoms with Gasteiger partial charge in [0.25, 0.3) is 27.5 Å². The average Bonchev–Trinajstić information content (AvgIpc) is 4.05. The van der Waals surface area contributed by atoms with Gasteiger partial charge in [0.2, 0.25) is 0 Å². The number of anilines is 2. The lowest BCUT2D eigenvalue weighted by Gasteiger charge is -2.57. The number of ether oxygens (including phenoxy) is 3. The van der Waals surface area contributed by atoms with E-state index in [1.165, 1.54) is 42.5 Å². The summed E-state index contributed by atoms with van der Waals surface area (Å²) in [4.78, 5) is 40.8. The van der Waals surface area contributed by atoms with Crippen LogP contribution in [0.5, 0.6) is 17.4 Å². The maximum atomic E-state index is 14.4. The molecule has 18 heteroatoms. The number of sulfonamides is 1. The van der Waals surface area contributed by atoms with E-state index in [1.54, 1.807) is 24.4 Å². The molecule has 5 fully saturated rings. The number of nitro groups is 1. The largest absolute Gasteiger partial charge is 0.474 e. The Morgan fingerprint density at radius 2 is 1.73 bits per heavy atom. The predicted octanol–water partition coefficient (Wildman–Crippen LogP) is 8.81. The lowest BCUT2D eigenvalue weighted by atomic mass is 9.70. The van der Waals surface area contributed by atoms with Crippen LogP contribution in [-0.2, 0) is 14.8 Å². The summed E-state index contributed by atoms with van der Waals surface area (Å²) in [6.45, 7) is 14.4. The zero-order valence-electron chi connectivity index (χ0n) is 42.3. The second-order valence-electron chi connectivity index (χ2n) is 21.8. The molecule has 5 aliphatic rings. The number of pyridine rings is 1.